The van der Waals surface area contributed by atoms with Crippen molar-refractivity contribution >= 4 is 16.6 Å². The van der Waals surface area contributed by atoms with Crippen molar-refractivity contribution in [3.05, 3.63) is 70.8 Å². The predicted molar refractivity (Wildman–Crippen MR) is 94.1 cm³/mol. The molecule has 0 amide bonds. The van der Waals surface area contributed by atoms with Gasteiger partial charge in [-0.3, -0.25) is 4.79 Å². The normalized spacial score (nSPS) is 11.5. The number of hydrogen-bond donors (Lipinski definition) is 0. The molecule has 4 rings (SSSR count). The Morgan fingerprint density at radius 2 is 1.75 bits per heavy atom. The van der Waals surface area contributed by atoms with Crippen molar-refractivity contribution in [2.24, 2.45) is 0 Å². The molecule has 118 valence electrons. The number of fused-ring (bicyclic) bond motifs is 3. The molecule has 0 radical (unpaired) electrons. The molecule has 0 fully saturated rings. The van der Waals surface area contributed by atoms with E-state index >= 15 is 0 Å². The fourth-order valence-corrected chi connectivity index (χ4v) is 2.76. The Hall–Kier alpha value is -3.08. The van der Waals surface area contributed by atoms with Gasteiger partial charge in [-0.05, 0) is 23.6 Å². The largest absolute Gasteiger partial charge is 0.300 e. The summed E-state index contributed by atoms with van der Waals surface area (Å²) in [6.45, 7) is 4.27. The van der Waals surface area contributed by atoms with Crippen LogP contribution in [0.2, 0.25) is 0 Å². The van der Waals surface area contributed by atoms with Crippen LogP contribution in [0.25, 0.3) is 27.8 Å². The van der Waals surface area contributed by atoms with Crippen molar-refractivity contribution in [2.45, 2.75) is 19.8 Å². The SMILES string of the molecule is CC(C)c1ccc(-c2nn3cnc4ccccc4c3nc2=O)cc1. The summed E-state index contributed by atoms with van der Waals surface area (Å²) in [5, 5.41) is 5.26. The van der Waals surface area contributed by atoms with Crippen molar-refractivity contribution in [1.82, 2.24) is 19.6 Å². The second-order valence-electron chi connectivity index (χ2n) is 6.07. The van der Waals surface area contributed by atoms with Gasteiger partial charge in [0.25, 0.3) is 5.56 Å². The lowest BCUT2D eigenvalue weighted by Gasteiger charge is -2.07. The van der Waals surface area contributed by atoms with Crippen molar-refractivity contribution in [2.75, 3.05) is 0 Å². The molecule has 0 unspecified atom stereocenters. The zero-order valence-electron chi connectivity index (χ0n) is 13.5. The van der Waals surface area contributed by atoms with E-state index in [0.29, 0.717) is 17.3 Å². The molecule has 0 aliphatic carbocycles. The van der Waals surface area contributed by atoms with Crippen LogP contribution in [0.5, 0.6) is 0 Å². The topological polar surface area (TPSA) is 60.1 Å². The molecule has 0 spiro atoms. The number of aromatic nitrogens is 4. The Balaban J connectivity index is 1.92. The lowest BCUT2D eigenvalue weighted by atomic mass is 10.0. The Bertz CT molecular complexity index is 1100. The molecule has 0 saturated carbocycles. The average molecular weight is 316 g/mol. The highest BCUT2D eigenvalue weighted by molar-refractivity contribution is 5.90. The van der Waals surface area contributed by atoms with Crippen LogP contribution in [0, 0.1) is 0 Å². The van der Waals surface area contributed by atoms with E-state index < -0.39 is 0 Å². The predicted octanol–water partition coefficient (Wildman–Crippen LogP) is 3.43. The first kappa shape index (κ1) is 14.5. The van der Waals surface area contributed by atoms with Crippen LogP contribution in [-0.4, -0.2) is 19.6 Å². The summed E-state index contributed by atoms with van der Waals surface area (Å²) >= 11 is 0. The molecule has 2 heterocycles. The minimum absolute atomic E-state index is 0.330. The molecule has 2 aromatic heterocycles. The molecule has 0 N–H and O–H groups in total. The summed E-state index contributed by atoms with van der Waals surface area (Å²) in [6, 6.07) is 15.5. The molecule has 24 heavy (non-hydrogen) atoms. The second-order valence-corrected chi connectivity index (χ2v) is 6.07. The first-order valence-corrected chi connectivity index (χ1v) is 7.88. The highest BCUT2D eigenvalue weighted by Crippen LogP contribution is 2.20. The van der Waals surface area contributed by atoms with Crippen LogP contribution < -0.4 is 5.56 Å². The fourth-order valence-electron chi connectivity index (χ4n) is 2.76. The van der Waals surface area contributed by atoms with E-state index in [1.54, 1.807) is 10.8 Å². The fraction of sp³-hybridized carbons (Fsp3) is 0.158. The van der Waals surface area contributed by atoms with E-state index in [2.05, 4.69) is 28.9 Å². The van der Waals surface area contributed by atoms with Crippen LogP contribution in [0.3, 0.4) is 0 Å². The first-order valence-electron chi connectivity index (χ1n) is 7.88. The summed E-state index contributed by atoms with van der Waals surface area (Å²) in [6.07, 6.45) is 1.59. The summed E-state index contributed by atoms with van der Waals surface area (Å²) in [5.74, 6) is 0.443. The number of rotatable bonds is 2. The highest BCUT2D eigenvalue weighted by atomic mass is 16.1. The smallest absolute Gasteiger partial charge is 0.265 e. The van der Waals surface area contributed by atoms with Gasteiger partial charge in [0, 0.05) is 10.9 Å². The summed E-state index contributed by atoms with van der Waals surface area (Å²) in [7, 11) is 0. The van der Waals surface area contributed by atoms with Gasteiger partial charge in [0.2, 0.25) is 0 Å². The summed E-state index contributed by atoms with van der Waals surface area (Å²) in [5.41, 5.74) is 3.30. The maximum atomic E-state index is 12.5. The quantitative estimate of drug-likeness (QED) is 0.532. The average Bonchev–Trinajstić information content (AvgIpc) is 2.61. The Morgan fingerprint density at radius 1 is 1.00 bits per heavy atom. The van der Waals surface area contributed by atoms with E-state index in [4.69, 9.17) is 0 Å². The number of para-hydroxylation sites is 1. The third kappa shape index (κ3) is 2.34. The minimum atomic E-state index is -0.330. The number of nitrogens with zero attached hydrogens (tertiary/aromatic N) is 4. The number of hydrogen-bond acceptors (Lipinski definition) is 4. The first-order chi connectivity index (χ1) is 11.6. The molecule has 0 atom stereocenters. The summed E-state index contributed by atoms with van der Waals surface area (Å²) in [4.78, 5) is 21.1. The third-order valence-electron chi connectivity index (χ3n) is 4.14. The Kier molecular flexibility index (Phi) is 3.34. The monoisotopic (exact) mass is 316 g/mol. The summed E-state index contributed by atoms with van der Waals surface area (Å²) < 4.78 is 1.56. The van der Waals surface area contributed by atoms with Crippen LogP contribution >= 0.6 is 0 Å². The van der Waals surface area contributed by atoms with Gasteiger partial charge in [-0.1, -0.05) is 50.2 Å². The van der Waals surface area contributed by atoms with Crippen LogP contribution in [0.1, 0.15) is 25.3 Å². The van der Waals surface area contributed by atoms with Gasteiger partial charge in [0.1, 0.15) is 6.33 Å². The molecule has 0 aliphatic rings. The molecule has 0 saturated heterocycles. The van der Waals surface area contributed by atoms with Gasteiger partial charge in [-0.2, -0.15) is 10.1 Å². The van der Waals surface area contributed by atoms with Crippen molar-refractivity contribution < 1.29 is 0 Å². The van der Waals surface area contributed by atoms with Gasteiger partial charge in [-0.15, -0.1) is 0 Å². The van der Waals surface area contributed by atoms with E-state index in [0.717, 1.165) is 16.5 Å². The van der Waals surface area contributed by atoms with Crippen molar-refractivity contribution in [3.63, 3.8) is 0 Å². The zero-order valence-corrected chi connectivity index (χ0v) is 13.5. The van der Waals surface area contributed by atoms with Crippen LogP contribution in [-0.2, 0) is 0 Å². The zero-order chi connectivity index (χ0) is 16.7. The molecule has 0 bridgehead atoms. The molecule has 5 nitrogen and oxygen atoms in total. The van der Waals surface area contributed by atoms with Crippen LogP contribution in [0.4, 0.5) is 0 Å². The Morgan fingerprint density at radius 3 is 2.50 bits per heavy atom. The van der Waals surface area contributed by atoms with Gasteiger partial charge in [0.15, 0.2) is 11.3 Å². The van der Waals surface area contributed by atoms with Gasteiger partial charge in [-0.25, -0.2) is 9.50 Å². The molecular formula is C19H16N4O. The molecular weight excluding hydrogens is 300 g/mol. The lowest BCUT2D eigenvalue weighted by Crippen LogP contribution is -2.16. The molecule has 0 aliphatic heterocycles. The minimum Gasteiger partial charge on any atom is -0.265 e. The van der Waals surface area contributed by atoms with Crippen molar-refractivity contribution in [3.8, 4) is 11.3 Å². The van der Waals surface area contributed by atoms with E-state index in [1.165, 1.54) is 5.56 Å². The van der Waals surface area contributed by atoms with Gasteiger partial charge < -0.3 is 0 Å². The molecule has 5 heteroatoms. The van der Waals surface area contributed by atoms with E-state index in [-0.39, 0.29) is 5.56 Å². The number of benzene rings is 2. The highest BCUT2D eigenvalue weighted by Gasteiger charge is 2.11. The lowest BCUT2D eigenvalue weighted by molar-refractivity contribution is 0.863. The Labute approximate surface area is 138 Å². The van der Waals surface area contributed by atoms with Crippen molar-refractivity contribution in [1.29, 1.82) is 0 Å². The van der Waals surface area contributed by atoms with E-state index in [1.807, 2.05) is 48.5 Å². The molecule has 2 aromatic carbocycles. The van der Waals surface area contributed by atoms with Crippen LogP contribution in [0.15, 0.2) is 59.7 Å². The molecule has 4 aromatic rings. The maximum Gasteiger partial charge on any atom is 0.300 e. The standard InChI is InChI=1S/C19H16N4O/c1-12(2)13-7-9-14(10-8-13)17-19(24)21-18-15-5-3-4-6-16(15)20-11-23(18)22-17/h3-12H,1-2H3. The van der Waals surface area contributed by atoms with Gasteiger partial charge in [0.05, 0.1) is 5.52 Å². The second kappa shape index (κ2) is 5.53. The van der Waals surface area contributed by atoms with Gasteiger partial charge >= 0.3 is 0 Å². The third-order valence-corrected chi connectivity index (χ3v) is 4.14. The maximum absolute atomic E-state index is 12.5. The van der Waals surface area contributed by atoms with E-state index in [9.17, 15) is 4.79 Å².